The molecule has 0 aromatic carbocycles. The molecule has 0 aromatic heterocycles. The van der Waals surface area contributed by atoms with E-state index in [1.54, 1.807) is 36.1 Å². The van der Waals surface area contributed by atoms with Crippen molar-refractivity contribution >= 4 is 11.9 Å². The molecule has 6 unspecified atom stereocenters. The van der Waals surface area contributed by atoms with Gasteiger partial charge in [0.1, 0.15) is 12.2 Å². The summed E-state index contributed by atoms with van der Waals surface area (Å²) >= 11 is 0. The molecule has 0 amide bonds. The third-order valence-corrected chi connectivity index (χ3v) is 22.6. The third-order valence-electron chi connectivity index (χ3n) is 22.6. The largest absolute Gasteiger partial charge is 0.462 e. The molecule has 0 radical (unpaired) electrons. The minimum absolute atomic E-state index is 0.0445. The summed E-state index contributed by atoms with van der Waals surface area (Å²) in [5.41, 5.74) is 10.0. The first-order valence-corrected chi connectivity index (χ1v) is 27.2. The maximum atomic E-state index is 12.5. The van der Waals surface area contributed by atoms with E-state index < -0.39 is 11.6 Å². The summed E-state index contributed by atoms with van der Waals surface area (Å²) in [6.45, 7) is 24.8. The Balaban J connectivity index is 0.992. The zero-order valence-electron chi connectivity index (χ0n) is 42.2. The Labute approximate surface area is 396 Å². The zero-order chi connectivity index (χ0) is 46.1. The second-order valence-corrected chi connectivity index (χ2v) is 26.0. The lowest BCUT2D eigenvalue weighted by molar-refractivity contribution is -0.271. The first-order valence-electron chi connectivity index (χ1n) is 27.2. The van der Waals surface area contributed by atoms with Crippen molar-refractivity contribution < 1.29 is 38.0 Å². The number of carbonyl (C=O) groups excluding carboxylic acids is 2. The van der Waals surface area contributed by atoms with Crippen molar-refractivity contribution in [3.05, 3.63) is 45.6 Å². The number of ether oxygens (including phenoxy) is 6. The molecule has 0 bridgehead atoms. The zero-order valence-corrected chi connectivity index (χ0v) is 42.2. The number of fused-ring (bicyclic) bond motifs is 12. The number of esters is 2. The lowest BCUT2D eigenvalue weighted by Gasteiger charge is -2.58. The molecular formula is C58H82O8. The molecule has 8 heteroatoms. The maximum Gasteiger partial charge on any atom is 0.302 e. The standard InChI is InChI=1S/C58H82O8/c1-31-11-21-57(61-29-31)33(3)51-47(65-57)27-45-49-41(25-37-23-39(63-35(5)59)13-17-53(37,7)43(49)15-19-55(45,51)9)42-26-38-24-40(64-36(6)60)14-18-54(38,8)44-16-20-56(10)46(50(42)44)28-48-52(56)34(4)58(66-48)22-12-32(2)30-62-58/h25-26,31-34,39-42,45-48,51-52H,11-24,27-30H2,1-10H3/t31?,32?,33-,34-,39?,40?,41?,42?,45-,46-,47-,48-,51-,52-,53-,54-,55-,56-,57+,58+/m0/s1. The topological polar surface area (TPSA) is 89.5 Å². The SMILES string of the molecule is CC(=O)OC1CC[C@@]2(C)C(=CC(C3C=C4CC(OC(C)=O)CC[C@]4(C)C4=C3[C@@H]3C[C@@H]5O[C@]6(CCC(C)CO6)[C@@H](C)[C@@H]5[C@@]3(C)CC4)C3=C2CC[C@]2(C)[C@@H]4[C@H](C[C@@H]32)O[C@]2(CCC(C)CO2)[C@H]4C)C1. The predicted octanol–water partition coefficient (Wildman–Crippen LogP) is 12.2. The molecule has 12 aliphatic rings. The molecule has 8 fully saturated rings. The first-order chi connectivity index (χ1) is 31.3. The summed E-state index contributed by atoms with van der Waals surface area (Å²) in [6, 6.07) is 0. The molecule has 8 aliphatic carbocycles. The van der Waals surface area contributed by atoms with E-state index in [0.717, 1.165) is 90.3 Å². The lowest BCUT2D eigenvalue weighted by atomic mass is 9.47. The van der Waals surface area contributed by atoms with Crippen LogP contribution in [0.15, 0.2) is 45.6 Å². The van der Waals surface area contributed by atoms with Gasteiger partial charge in [-0.1, -0.05) is 101 Å². The molecule has 4 saturated carbocycles. The highest BCUT2D eigenvalue weighted by Crippen LogP contribution is 2.74. The van der Waals surface area contributed by atoms with E-state index in [0.29, 0.717) is 47.3 Å². The maximum absolute atomic E-state index is 12.5. The van der Waals surface area contributed by atoms with Crippen LogP contribution in [0.4, 0.5) is 0 Å². The van der Waals surface area contributed by atoms with Crippen molar-refractivity contribution in [1.82, 2.24) is 0 Å². The van der Waals surface area contributed by atoms with Crippen LogP contribution < -0.4 is 0 Å². The predicted molar refractivity (Wildman–Crippen MR) is 252 cm³/mol. The Morgan fingerprint density at radius 3 is 1.35 bits per heavy atom. The van der Waals surface area contributed by atoms with Gasteiger partial charge in [0.25, 0.3) is 0 Å². The molecule has 66 heavy (non-hydrogen) atoms. The van der Waals surface area contributed by atoms with Crippen LogP contribution in [0, 0.1) is 80.8 Å². The van der Waals surface area contributed by atoms with Crippen LogP contribution >= 0.6 is 0 Å². The molecule has 12 rings (SSSR count). The molecular weight excluding hydrogens is 825 g/mol. The highest BCUT2D eigenvalue weighted by atomic mass is 16.7. The number of hydrogen-bond acceptors (Lipinski definition) is 8. The summed E-state index contributed by atoms with van der Waals surface area (Å²) in [5.74, 6) is 2.78. The molecule has 0 N–H and O–H groups in total. The Hall–Kier alpha value is -2.26. The average molecular weight is 907 g/mol. The highest BCUT2D eigenvalue weighted by molar-refractivity contribution is 5.66. The van der Waals surface area contributed by atoms with E-state index in [9.17, 15) is 9.59 Å². The van der Waals surface area contributed by atoms with Crippen molar-refractivity contribution in [1.29, 1.82) is 0 Å². The minimum Gasteiger partial charge on any atom is -0.462 e. The van der Waals surface area contributed by atoms with Gasteiger partial charge >= 0.3 is 11.9 Å². The van der Waals surface area contributed by atoms with Crippen molar-refractivity contribution in [2.75, 3.05) is 13.2 Å². The van der Waals surface area contributed by atoms with Gasteiger partial charge < -0.3 is 28.4 Å². The molecule has 4 aliphatic heterocycles. The van der Waals surface area contributed by atoms with Gasteiger partial charge in [0.05, 0.1) is 25.4 Å². The van der Waals surface area contributed by atoms with Gasteiger partial charge in [0.2, 0.25) is 0 Å². The Bertz CT molecular complexity index is 2030. The van der Waals surface area contributed by atoms with Gasteiger partial charge in [0.15, 0.2) is 11.6 Å². The number of rotatable bonds is 3. The summed E-state index contributed by atoms with van der Waals surface area (Å²) in [4.78, 5) is 25.1. The monoisotopic (exact) mass is 907 g/mol. The highest BCUT2D eigenvalue weighted by Gasteiger charge is 2.70. The molecule has 0 aromatic rings. The quantitative estimate of drug-likeness (QED) is 0.204. The average Bonchev–Trinajstić information content (AvgIpc) is 3.92. The van der Waals surface area contributed by atoms with Crippen LogP contribution in [-0.2, 0) is 38.0 Å². The van der Waals surface area contributed by atoms with E-state index in [1.165, 1.54) is 36.8 Å². The van der Waals surface area contributed by atoms with Crippen molar-refractivity contribution in [3.63, 3.8) is 0 Å². The van der Waals surface area contributed by atoms with Gasteiger partial charge in [0, 0.05) is 74.0 Å². The Morgan fingerprint density at radius 1 is 0.576 bits per heavy atom. The van der Waals surface area contributed by atoms with Crippen molar-refractivity contribution in [3.8, 4) is 0 Å². The van der Waals surface area contributed by atoms with Gasteiger partial charge in [-0.15, -0.1) is 0 Å². The minimum atomic E-state index is -0.451. The Kier molecular flexibility index (Phi) is 10.3. The third kappa shape index (κ3) is 6.20. The van der Waals surface area contributed by atoms with Crippen molar-refractivity contribution in [2.45, 2.75) is 208 Å². The first kappa shape index (κ1) is 44.9. The van der Waals surface area contributed by atoms with Gasteiger partial charge in [-0.3, -0.25) is 9.59 Å². The summed E-state index contributed by atoms with van der Waals surface area (Å²) in [6.07, 6.45) is 22.3. The molecule has 4 saturated heterocycles. The molecule has 362 valence electrons. The van der Waals surface area contributed by atoms with Crippen LogP contribution in [-0.4, -0.2) is 61.1 Å². The number of allylic oxidation sites excluding steroid dienone is 6. The Morgan fingerprint density at radius 2 is 0.985 bits per heavy atom. The fourth-order valence-electron chi connectivity index (χ4n) is 19.2. The second kappa shape index (κ2) is 15.1. The van der Waals surface area contributed by atoms with Crippen LogP contribution in [0.25, 0.3) is 0 Å². The van der Waals surface area contributed by atoms with E-state index in [-0.39, 0.29) is 69.9 Å². The van der Waals surface area contributed by atoms with E-state index >= 15 is 0 Å². The van der Waals surface area contributed by atoms with Gasteiger partial charge in [-0.05, 0) is 123 Å². The fraction of sp³-hybridized carbons (Fsp3) is 0.828. The summed E-state index contributed by atoms with van der Waals surface area (Å²) in [5, 5.41) is 0. The molecule has 2 spiro atoms. The normalized spacial score (nSPS) is 53.4. The van der Waals surface area contributed by atoms with Gasteiger partial charge in [-0.25, -0.2) is 0 Å². The van der Waals surface area contributed by atoms with Crippen LogP contribution in [0.3, 0.4) is 0 Å². The summed E-state index contributed by atoms with van der Waals surface area (Å²) < 4.78 is 40.5. The number of hydrogen-bond donors (Lipinski definition) is 0. The van der Waals surface area contributed by atoms with E-state index in [4.69, 9.17) is 28.4 Å². The second-order valence-electron chi connectivity index (χ2n) is 26.0. The fourth-order valence-corrected chi connectivity index (χ4v) is 19.2. The summed E-state index contributed by atoms with van der Waals surface area (Å²) in [7, 11) is 0. The van der Waals surface area contributed by atoms with Crippen LogP contribution in [0.2, 0.25) is 0 Å². The lowest BCUT2D eigenvalue weighted by Crippen LogP contribution is -2.50. The molecule has 4 heterocycles. The smallest absolute Gasteiger partial charge is 0.302 e. The van der Waals surface area contributed by atoms with Gasteiger partial charge in [-0.2, -0.15) is 0 Å². The molecule has 20 atom stereocenters. The number of carbonyl (C=O) groups is 2. The van der Waals surface area contributed by atoms with Crippen LogP contribution in [0.5, 0.6) is 0 Å². The van der Waals surface area contributed by atoms with Crippen LogP contribution in [0.1, 0.15) is 172 Å². The molecule has 8 nitrogen and oxygen atoms in total. The van der Waals surface area contributed by atoms with E-state index in [1.807, 2.05) is 0 Å². The van der Waals surface area contributed by atoms with Crippen molar-refractivity contribution in [2.24, 2.45) is 80.8 Å². The van der Waals surface area contributed by atoms with E-state index in [2.05, 4.69) is 67.5 Å².